The lowest BCUT2D eigenvalue weighted by molar-refractivity contribution is 0.0752. The Balaban J connectivity index is 2.83. The Labute approximate surface area is 120 Å². The summed E-state index contributed by atoms with van der Waals surface area (Å²) in [5.41, 5.74) is 6.75. The van der Waals surface area contributed by atoms with E-state index in [1.807, 2.05) is 6.92 Å². The molecule has 1 aromatic carbocycles. The van der Waals surface area contributed by atoms with Crippen LogP contribution in [0.1, 0.15) is 29.8 Å². The van der Waals surface area contributed by atoms with E-state index in [0.29, 0.717) is 25.2 Å². The molecule has 0 aromatic heterocycles. The van der Waals surface area contributed by atoms with Gasteiger partial charge in [0, 0.05) is 24.2 Å². The van der Waals surface area contributed by atoms with Crippen LogP contribution in [0.25, 0.3) is 0 Å². The van der Waals surface area contributed by atoms with E-state index in [-0.39, 0.29) is 11.8 Å². The highest BCUT2D eigenvalue weighted by Crippen LogP contribution is 2.09. The van der Waals surface area contributed by atoms with Crippen LogP contribution in [-0.4, -0.2) is 30.4 Å². The van der Waals surface area contributed by atoms with E-state index >= 15 is 0 Å². The van der Waals surface area contributed by atoms with Crippen LogP contribution in [0.5, 0.6) is 0 Å². The fourth-order valence-corrected chi connectivity index (χ4v) is 1.76. The van der Waals surface area contributed by atoms with Crippen LogP contribution in [0.4, 0.5) is 0 Å². The molecule has 0 heterocycles. The lowest BCUT2D eigenvalue weighted by Crippen LogP contribution is -2.34. The summed E-state index contributed by atoms with van der Waals surface area (Å²) in [5, 5.41) is 8.84. The quantitative estimate of drug-likeness (QED) is 0.844. The Morgan fingerprint density at radius 3 is 2.55 bits per heavy atom. The summed E-state index contributed by atoms with van der Waals surface area (Å²) in [5.74, 6) is 5.44. The first kappa shape index (κ1) is 15.8. The molecule has 0 aliphatic heterocycles. The van der Waals surface area contributed by atoms with Crippen LogP contribution in [0.2, 0.25) is 0 Å². The van der Waals surface area contributed by atoms with Crippen molar-refractivity contribution in [1.29, 1.82) is 5.26 Å². The standard InChI is InChI=1S/C16H19N3O/c1-3-19(12-13(2)11-18)16(20)15-8-6-14(7-9-15)5-4-10-17/h6-9,13H,3,10,12,17H2,1-2H3. The summed E-state index contributed by atoms with van der Waals surface area (Å²) in [7, 11) is 0. The van der Waals surface area contributed by atoms with Crippen LogP contribution in [0, 0.1) is 29.1 Å². The van der Waals surface area contributed by atoms with E-state index in [4.69, 9.17) is 11.0 Å². The summed E-state index contributed by atoms with van der Waals surface area (Å²) in [4.78, 5) is 14.0. The van der Waals surface area contributed by atoms with Crippen molar-refractivity contribution in [2.45, 2.75) is 13.8 Å². The highest BCUT2D eigenvalue weighted by Gasteiger charge is 2.16. The lowest BCUT2D eigenvalue weighted by atomic mass is 10.1. The van der Waals surface area contributed by atoms with Crippen molar-refractivity contribution in [3.63, 3.8) is 0 Å². The summed E-state index contributed by atoms with van der Waals surface area (Å²) < 4.78 is 0. The molecule has 0 bridgehead atoms. The summed E-state index contributed by atoms with van der Waals surface area (Å²) in [6.07, 6.45) is 0. The molecule has 2 N–H and O–H groups in total. The van der Waals surface area contributed by atoms with E-state index in [9.17, 15) is 4.79 Å². The maximum Gasteiger partial charge on any atom is 0.253 e. The zero-order valence-electron chi connectivity index (χ0n) is 11.9. The Hall–Kier alpha value is -2.30. The Morgan fingerprint density at radius 2 is 2.05 bits per heavy atom. The third kappa shape index (κ3) is 4.42. The summed E-state index contributed by atoms with van der Waals surface area (Å²) >= 11 is 0. The average Bonchev–Trinajstić information content (AvgIpc) is 2.50. The predicted molar refractivity (Wildman–Crippen MR) is 78.7 cm³/mol. The van der Waals surface area contributed by atoms with Crippen molar-refractivity contribution in [3.05, 3.63) is 35.4 Å². The molecule has 104 valence electrons. The van der Waals surface area contributed by atoms with Gasteiger partial charge in [0.15, 0.2) is 0 Å². The molecule has 0 saturated heterocycles. The fourth-order valence-electron chi connectivity index (χ4n) is 1.76. The minimum Gasteiger partial charge on any atom is -0.338 e. The SMILES string of the molecule is CCN(CC(C)C#N)C(=O)c1ccc(C#CCN)cc1. The second kappa shape index (κ2) is 7.99. The number of nitrogens with zero attached hydrogens (tertiary/aromatic N) is 2. The summed E-state index contributed by atoms with van der Waals surface area (Å²) in [6.45, 7) is 5.06. The van der Waals surface area contributed by atoms with E-state index < -0.39 is 0 Å². The van der Waals surface area contributed by atoms with E-state index in [0.717, 1.165) is 5.56 Å². The molecule has 0 radical (unpaired) electrons. The molecule has 1 unspecified atom stereocenters. The molecule has 1 aromatic rings. The van der Waals surface area contributed by atoms with Crippen molar-refractivity contribution in [2.24, 2.45) is 11.7 Å². The molecule has 4 nitrogen and oxygen atoms in total. The number of rotatable bonds is 4. The zero-order valence-corrected chi connectivity index (χ0v) is 11.9. The lowest BCUT2D eigenvalue weighted by Gasteiger charge is -2.22. The predicted octanol–water partition coefficient (Wildman–Crippen LogP) is 1.62. The minimum atomic E-state index is -0.173. The normalized spacial score (nSPS) is 10.9. The molecule has 0 fully saturated rings. The van der Waals surface area contributed by atoms with Crippen molar-refractivity contribution < 1.29 is 4.79 Å². The third-order valence-corrected chi connectivity index (χ3v) is 2.85. The molecule has 1 amide bonds. The average molecular weight is 269 g/mol. The van der Waals surface area contributed by atoms with Gasteiger partial charge in [-0.15, -0.1) is 0 Å². The van der Waals surface area contributed by atoms with Gasteiger partial charge in [0.1, 0.15) is 0 Å². The molecule has 1 rings (SSSR count). The fraction of sp³-hybridized carbons (Fsp3) is 0.375. The first-order valence-corrected chi connectivity index (χ1v) is 6.60. The number of benzene rings is 1. The number of nitriles is 1. The van der Waals surface area contributed by atoms with E-state index in [1.165, 1.54) is 0 Å². The van der Waals surface area contributed by atoms with Crippen molar-refractivity contribution in [3.8, 4) is 17.9 Å². The van der Waals surface area contributed by atoms with Gasteiger partial charge in [-0.05, 0) is 38.1 Å². The number of hydrogen-bond acceptors (Lipinski definition) is 3. The number of carbonyl (C=O) groups is 1. The molecule has 0 spiro atoms. The summed E-state index contributed by atoms with van der Waals surface area (Å²) in [6, 6.07) is 9.26. The number of amides is 1. The minimum absolute atomic E-state index is 0.0621. The maximum atomic E-state index is 12.3. The number of carbonyl (C=O) groups excluding carboxylic acids is 1. The van der Waals surface area contributed by atoms with Gasteiger partial charge in [-0.1, -0.05) is 11.8 Å². The van der Waals surface area contributed by atoms with Crippen molar-refractivity contribution in [2.75, 3.05) is 19.6 Å². The van der Waals surface area contributed by atoms with Gasteiger partial charge in [-0.2, -0.15) is 5.26 Å². The second-order valence-corrected chi connectivity index (χ2v) is 4.46. The molecule has 4 heteroatoms. The smallest absolute Gasteiger partial charge is 0.253 e. The van der Waals surface area contributed by atoms with Crippen LogP contribution in [0.3, 0.4) is 0 Å². The van der Waals surface area contributed by atoms with Gasteiger partial charge >= 0.3 is 0 Å². The largest absolute Gasteiger partial charge is 0.338 e. The number of nitrogens with two attached hydrogens (primary N) is 1. The van der Waals surface area contributed by atoms with Crippen LogP contribution in [0.15, 0.2) is 24.3 Å². The molecule has 1 atom stereocenters. The van der Waals surface area contributed by atoms with Crippen LogP contribution < -0.4 is 5.73 Å². The van der Waals surface area contributed by atoms with E-state index in [2.05, 4.69) is 17.9 Å². The van der Waals surface area contributed by atoms with Crippen LogP contribution >= 0.6 is 0 Å². The van der Waals surface area contributed by atoms with Gasteiger partial charge in [0.25, 0.3) is 5.91 Å². The van der Waals surface area contributed by atoms with Gasteiger partial charge in [-0.3, -0.25) is 4.79 Å². The Kier molecular flexibility index (Phi) is 6.29. The highest BCUT2D eigenvalue weighted by atomic mass is 16.2. The van der Waals surface area contributed by atoms with Crippen molar-refractivity contribution >= 4 is 5.91 Å². The Morgan fingerprint density at radius 1 is 1.40 bits per heavy atom. The molecule has 0 aliphatic rings. The topological polar surface area (TPSA) is 70.1 Å². The first-order chi connectivity index (χ1) is 9.62. The van der Waals surface area contributed by atoms with Crippen LogP contribution in [-0.2, 0) is 0 Å². The van der Waals surface area contributed by atoms with Gasteiger partial charge in [0.05, 0.1) is 18.5 Å². The van der Waals surface area contributed by atoms with Gasteiger partial charge < -0.3 is 10.6 Å². The highest BCUT2D eigenvalue weighted by molar-refractivity contribution is 5.94. The molecule has 0 aliphatic carbocycles. The second-order valence-electron chi connectivity index (χ2n) is 4.46. The third-order valence-electron chi connectivity index (χ3n) is 2.85. The molecular weight excluding hydrogens is 250 g/mol. The zero-order chi connectivity index (χ0) is 15.0. The van der Waals surface area contributed by atoms with E-state index in [1.54, 1.807) is 36.1 Å². The molecular formula is C16H19N3O. The monoisotopic (exact) mass is 269 g/mol. The van der Waals surface area contributed by atoms with Gasteiger partial charge in [-0.25, -0.2) is 0 Å². The first-order valence-electron chi connectivity index (χ1n) is 6.60. The van der Waals surface area contributed by atoms with Crippen molar-refractivity contribution in [1.82, 2.24) is 4.90 Å². The Bertz CT molecular complexity index is 546. The number of hydrogen-bond donors (Lipinski definition) is 1. The maximum absolute atomic E-state index is 12.3. The van der Waals surface area contributed by atoms with Gasteiger partial charge in [0.2, 0.25) is 0 Å². The molecule has 20 heavy (non-hydrogen) atoms. The molecule has 0 saturated carbocycles.